The van der Waals surface area contributed by atoms with Gasteiger partial charge in [0.1, 0.15) is 18.0 Å². The summed E-state index contributed by atoms with van der Waals surface area (Å²) in [6.07, 6.45) is -1.15. The third-order valence-corrected chi connectivity index (χ3v) is 9.08. The molecule has 0 aliphatic carbocycles. The van der Waals surface area contributed by atoms with E-state index in [-0.39, 0.29) is 50.6 Å². The number of carbonyl (C=O) groups excluding carboxylic acids is 2. The van der Waals surface area contributed by atoms with Crippen molar-refractivity contribution in [3.05, 3.63) is 94.5 Å². The van der Waals surface area contributed by atoms with Gasteiger partial charge in [0.05, 0.1) is 23.8 Å². The molecule has 13 nitrogen and oxygen atoms in total. The van der Waals surface area contributed by atoms with Crippen molar-refractivity contribution >= 4 is 33.6 Å². The standard InChI is InChI=1S/C32H38N4O9S/c1-32(2,3)45-31(38)34-21-20-33(30(37)44-23-24-12-6-5-7-13-24)22-25(34)18-19-35(26-14-8-10-16-28(26)43-4)46(41,42)29-17-11-9-15-27(29)36(39)40/h5-17,25H,18-23H2,1-4H3/t25-/m1/s1. The molecule has 0 aromatic heterocycles. The molecule has 1 saturated heterocycles. The van der Waals surface area contributed by atoms with E-state index in [0.29, 0.717) is 0 Å². The van der Waals surface area contributed by atoms with E-state index in [1.807, 2.05) is 30.3 Å². The van der Waals surface area contributed by atoms with Crippen LogP contribution in [0.15, 0.2) is 83.8 Å². The minimum Gasteiger partial charge on any atom is -0.495 e. The number of nitrogens with zero attached hydrogens (tertiary/aromatic N) is 4. The maximum Gasteiger partial charge on any atom is 0.410 e. The lowest BCUT2D eigenvalue weighted by molar-refractivity contribution is -0.387. The van der Waals surface area contributed by atoms with Gasteiger partial charge in [-0.1, -0.05) is 54.6 Å². The van der Waals surface area contributed by atoms with Gasteiger partial charge in [-0.2, -0.15) is 0 Å². The number of methoxy groups -OCH3 is 1. The van der Waals surface area contributed by atoms with E-state index in [4.69, 9.17) is 14.2 Å². The lowest BCUT2D eigenvalue weighted by Crippen LogP contribution is -2.58. The first-order valence-corrected chi connectivity index (χ1v) is 16.1. The lowest BCUT2D eigenvalue weighted by atomic mass is 10.1. The van der Waals surface area contributed by atoms with E-state index in [0.717, 1.165) is 15.9 Å². The molecular formula is C32H38N4O9S. The molecule has 1 aliphatic heterocycles. The van der Waals surface area contributed by atoms with E-state index in [9.17, 15) is 28.1 Å². The van der Waals surface area contributed by atoms with Crippen molar-refractivity contribution in [2.75, 3.05) is 37.6 Å². The molecule has 2 amide bonds. The van der Waals surface area contributed by atoms with E-state index in [1.165, 1.54) is 41.2 Å². The molecule has 3 aromatic carbocycles. The van der Waals surface area contributed by atoms with Crippen molar-refractivity contribution in [2.45, 2.75) is 50.3 Å². The second-order valence-electron chi connectivity index (χ2n) is 11.6. The molecule has 0 unspecified atom stereocenters. The highest BCUT2D eigenvalue weighted by molar-refractivity contribution is 7.93. The second-order valence-corrected chi connectivity index (χ2v) is 13.4. The maximum absolute atomic E-state index is 14.2. The zero-order valence-corrected chi connectivity index (χ0v) is 27.0. The monoisotopic (exact) mass is 654 g/mol. The molecule has 1 atom stereocenters. The predicted octanol–water partition coefficient (Wildman–Crippen LogP) is 5.45. The first-order valence-electron chi connectivity index (χ1n) is 14.7. The van der Waals surface area contributed by atoms with E-state index in [2.05, 4.69) is 0 Å². The fourth-order valence-corrected chi connectivity index (χ4v) is 6.71. The van der Waals surface area contributed by atoms with Gasteiger partial charge >= 0.3 is 12.2 Å². The van der Waals surface area contributed by atoms with Crippen LogP contribution in [0.2, 0.25) is 0 Å². The molecule has 4 rings (SSSR count). The number of carbonyl (C=O) groups is 2. The van der Waals surface area contributed by atoms with Crippen LogP contribution in [0.1, 0.15) is 32.8 Å². The number of anilines is 1. The summed E-state index contributed by atoms with van der Waals surface area (Å²) >= 11 is 0. The minimum atomic E-state index is -4.53. The number of ether oxygens (including phenoxy) is 3. The van der Waals surface area contributed by atoms with Crippen LogP contribution in [0.5, 0.6) is 5.75 Å². The minimum absolute atomic E-state index is 0.0398. The zero-order chi connectivity index (χ0) is 33.5. The summed E-state index contributed by atoms with van der Waals surface area (Å²) in [7, 11) is -3.14. The van der Waals surface area contributed by atoms with Gasteiger partial charge in [-0.25, -0.2) is 18.0 Å². The average Bonchev–Trinajstić information content (AvgIpc) is 3.03. The number of benzene rings is 3. The maximum atomic E-state index is 14.2. The van der Waals surface area contributed by atoms with Gasteiger partial charge in [-0.05, 0) is 51.0 Å². The molecule has 1 fully saturated rings. The SMILES string of the molecule is COc1ccccc1N(CC[C@@H]1CN(C(=O)OCc2ccccc2)CCN1C(=O)OC(C)(C)C)S(=O)(=O)c1ccccc1[N+](=O)[O-]. The number of sulfonamides is 1. The van der Waals surface area contributed by atoms with Gasteiger partial charge in [-0.3, -0.25) is 14.4 Å². The molecule has 0 radical (unpaired) electrons. The highest BCUT2D eigenvalue weighted by atomic mass is 32.2. The van der Waals surface area contributed by atoms with Crippen LogP contribution in [0.4, 0.5) is 21.0 Å². The van der Waals surface area contributed by atoms with Crippen LogP contribution in [-0.2, 0) is 26.1 Å². The van der Waals surface area contributed by atoms with Crippen molar-refractivity contribution in [2.24, 2.45) is 0 Å². The number of piperazine rings is 1. The number of hydrogen-bond acceptors (Lipinski definition) is 9. The number of para-hydroxylation sites is 3. The molecule has 0 N–H and O–H groups in total. The highest BCUT2D eigenvalue weighted by Crippen LogP contribution is 2.35. The molecule has 3 aromatic rings. The Morgan fingerprint density at radius 2 is 1.61 bits per heavy atom. The fourth-order valence-electron chi connectivity index (χ4n) is 5.06. The van der Waals surface area contributed by atoms with Crippen molar-refractivity contribution in [3.8, 4) is 5.75 Å². The fraction of sp³-hybridized carbons (Fsp3) is 0.375. The smallest absolute Gasteiger partial charge is 0.410 e. The first kappa shape index (κ1) is 34.0. The van der Waals surface area contributed by atoms with Gasteiger partial charge in [-0.15, -0.1) is 0 Å². The molecule has 246 valence electrons. The summed E-state index contributed by atoms with van der Waals surface area (Å²) in [6.45, 7) is 5.38. The number of nitro benzene ring substituents is 1. The van der Waals surface area contributed by atoms with Gasteiger partial charge in [0.25, 0.3) is 15.7 Å². The molecule has 1 heterocycles. The van der Waals surface area contributed by atoms with Gasteiger partial charge in [0.15, 0.2) is 4.90 Å². The summed E-state index contributed by atoms with van der Waals surface area (Å²) in [5, 5.41) is 11.8. The summed E-state index contributed by atoms with van der Waals surface area (Å²) in [4.78, 5) is 39.9. The zero-order valence-electron chi connectivity index (χ0n) is 26.2. The molecule has 0 saturated carbocycles. The number of nitro groups is 1. The van der Waals surface area contributed by atoms with Crippen LogP contribution in [0.25, 0.3) is 0 Å². The Hall–Kier alpha value is -4.85. The number of amides is 2. The molecular weight excluding hydrogens is 616 g/mol. The predicted molar refractivity (Wildman–Crippen MR) is 170 cm³/mol. The van der Waals surface area contributed by atoms with E-state index in [1.54, 1.807) is 39.0 Å². The highest BCUT2D eigenvalue weighted by Gasteiger charge is 2.38. The Labute approximate surface area is 268 Å². The van der Waals surface area contributed by atoms with E-state index < -0.39 is 49.4 Å². The third-order valence-electron chi connectivity index (χ3n) is 7.22. The van der Waals surface area contributed by atoms with Gasteiger partial charge < -0.3 is 24.0 Å². The number of hydrogen-bond donors (Lipinski definition) is 0. The quantitative estimate of drug-likeness (QED) is 0.206. The summed E-state index contributed by atoms with van der Waals surface area (Å²) in [5.41, 5.74) is -0.413. The van der Waals surface area contributed by atoms with Crippen molar-refractivity contribution in [1.82, 2.24) is 9.80 Å². The first-order chi connectivity index (χ1) is 21.8. The summed E-state index contributed by atoms with van der Waals surface area (Å²) in [6, 6.07) is 20.0. The summed E-state index contributed by atoms with van der Waals surface area (Å²) < 4.78 is 46.0. The normalized spacial score (nSPS) is 15.2. The molecule has 1 aliphatic rings. The Bertz CT molecular complexity index is 1640. The van der Waals surface area contributed by atoms with Gasteiger partial charge in [0, 0.05) is 32.2 Å². The molecule has 14 heteroatoms. The Morgan fingerprint density at radius 3 is 2.28 bits per heavy atom. The molecule has 0 bridgehead atoms. The third kappa shape index (κ3) is 8.24. The van der Waals surface area contributed by atoms with Crippen LogP contribution >= 0.6 is 0 Å². The van der Waals surface area contributed by atoms with Crippen LogP contribution in [0, 0.1) is 10.1 Å². The topological polar surface area (TPSA) is 149 Å². The Balaban J connectivity index is 1.66. The Morgan fingerprint density at radius 1 is 0.957 bits per heavy atom. The largest absolute Gasteiger partial charge is 0.495 e. The van der Waals surface area contributed by atoms with Crippen LogP contribution < -0.4 is 9.04 Å². The molecule has 0 spiro atoms. The average molecular weight is 655 g/mol. The summed E-state index contributed by atoms with van der Waals surface area (Å²) in [5.74, 6) is 0.225. The van der Waals surface area contributed by atoms with Crippen molar-refractivity contribution < 1.29 is 37.1 Å². The van der Waals surface area contributed by atoms with Crippen LogP contribution in [-0.4, -0.2) is 80.3 Å². The van der Waals surface area contributed by atoms with Crippen LogP contribution in [0.3, 0.4) is 0 Å². The van der Waals surface area contributed by atoms with E-state index >= 15 is 0 Å². The van der Waals surface area contributed by atoms with Gasteiger partial charge in [0.2, 0.25) is 0 Å². The lowest BCUT2D eigenvalue weighted by Gasteiger charge is -2.42. The Kier molecular flexibility index (Phi) is 10.7. The second kappa shape index (κ2) is 14.5. The molecule has 46 heavy (non-hydrogen) atoms. The van der Waals surface area contributed by atoms with Crippen molar-refractivity contribution in [3.63, 3.8) is 0 Å². The van der Waals surface area contributed by atoms with Crippen molar-refractivity contribution in [1.29, 1.82) is 0 Å². The number of rotatable bonds is 10.